The Labute approximate surface area is 105 Å². The van der Waals surface area contributed by atoms with Crippen molar-refractivity contribution in [3.63, 3.8) is 0 Å². The smallest absolute Gasteiger partial charge is 0.173 e. The number of anilines is 1. The molecule has 2 heterocycles. The summed E-state index contributed by atoms with van der Waals surface area (Å²) in [5, 5.41) is 0. The number of rotatable bonds is 2. The van der Waals surface area contributed by atoms with Gasteiger partial charge in [0.1, 0.15) is 5.82 Å². The first kappa shape index (κ1) is 10.2. The van der Waals surface area contributed by atoms with Gasteiger partial charge in [-0.1, -0.05) is 0 Å². The zero-order valence-electron chi connectivity index (χ0n) is 8.35. The standard InChI is InChI=1S/C10H9BrN4S/c11-7-8(5-1-2-5)14-10(15-9(7)12)6-3-13-4-16-6/h3-5H,1-2H2,(H2,12,14,15). The lowest BCUT2D eigenvalue weighted by molar-refractivity contribution is 0.986. The van der Waals surface area contributed by atoms with Crippen molar-refractivity contribution in [1.82, 2.24) is 15.0 Å². The molecule has 4 nitrogen and oxygen atoms in total. The van der Waals surface area contributed by atoms with Gasteiger partial charge in [0.25, 0.3) is 0 Å². The van der Waals surface area contributed by atoms with E-state index in [1.54, 1.807) is 11.7 Å². The van der Waals surface area contributed by atoms with Gasteiger partial charge in [0, 0.05) is 12.1 Å². The predicted octanol–water partition coefficient (Wildman–Crippen LogP) is 2.82. The molecule has 0 aliphatic heterocycles. The second-order valence-electron chi connectivity index (χ2n) is 3.77. The van der Waals surface area contributed by atoms with Gasteiger partial charge in [0.15, 0.2) is 5.82 Å². The summed E-state index contributed by atoms with van der Waals surface area (Å²) in [5.41, 5.74) is 8.69. The molecule has 6 heteroatoms. The van der Waals surface area contributed by atoms with Crippen molar-refractivity contribution in [3.8, 4) is 10.7 Å². The number of hydrogen-bond acceptors (Lipinski definition) is 5. The monoisotopic (exact) mass is 296 g/mol. The third-order valence-electron chi connectivity index (χ3n) is 2.52. The van der Waals surface area contributed by atoms with Crippen LogP contribution in [0.1, 0.15) is 24.5 Å². The van der Waals surface area contributed by atoms with Crippen molar-refractivity contribution in [2.75, 3.05) is 5.73 Å². The van der Waals surface area contributed by atoms with Gasteiger partial charge >= 0.3 is 0 Å². The summed E-state index contributed by atoms with van der Waals surface area (Å²) in [5.74, 6) is 1.75. The van der Waals surface area contributed by atoms with Crippen molar-refractivity contribution in [3.05, 3.63) is 21.9 Å². The molecule has 1 aliphatic carbocycles. The normalized spacial score (nSPS) is 15.3. The molecule has 0 atom stereocenters. The van der Waals surface area contributed by atoms with Gasteiger partial charge in [-0.25, -0.2) is 9.97 Å². The van der Waals surface area contributed by atoms with Crippen LogP contribution < -0.4 is 5.73 Å². The fraction of sp³-hybridized carbons (Fsp3) is 0.300. The molecule has 0 spiro atoms. The van der Waals surface area contributed by atoms with Gasteiger partial charge in [-0.3, -0.25) is 4.98 Å². The maximum absolute atomic E-state index is 5.88. The highest BCUT2D eigenvalue weighted by molar-refractivity contribution is 9.10. The second kappa shape index (κ2) is 3.78. The third kappa shape index (κ3) is 1.72. The fourth-order valence-electron chi connectivity index (χ4n) is 1.55. The summed E-state index contributed by atoms with van der Waals surface area (Å²) < 4.78 is 0.850. The largest absolute Gasteiger partial charge is 0.383 e. The summed E-state index contributed by atoms with van der Waals surface area (Å²) in [6, 6.07) is 0. The number of hydrogen-bond donors (Lipinski definition) is 1. The number of aromatic nitrogens is 3. The Balaban J connectivity index is 2.13. The van der Waals surface area contributed by atoms with Crippen molar-refractivity contribution < 1.29 is 0 Å². The van der Waals surface area contributed by atoms with Crippen LogP contribution in [0.4, 0.5) is 5.82 Å². The lowest BCUT2D eigenvalue weighted by atomic mass is 10.2. The van der Waals surface area contributed by atoms with Gasteiger partial charge in [-0.15, -0.1) is 11.3 Å². The molecule has 2 aromatic heterocycles. The molecular formula is C10H9BrN4S. The van der Waals surface area contributed by atoms with Crippen molar-refractivity contribution in [2.24, 2.45) is 0 Å². The van der Waals surface area contributed by atoms with E-state index >= 15 is 0 Å². The molecule has 0 unspecified atom stereocenters. The van der Waals surface area contributed by atoms with Crippen LogP contribution in [0.2, 0.25) is 0 Å². The number of nitrogens with zero attached hydrogens (tertiary/aromatic N) is 3. The molecule has 82 valence electrons. The van der Waals surface area contributed by atoms with E-state index < -0.39 is 0 Å². The summed E-state index contributed by atoms with van der Waals surface area (Å²) in [4.78, 5) is 13.8. The minimum atomic E-state index is 0.514. The van der Waals surface area contributed by atoms with Crippen LogP contribution >= 0.6 is 27.3 Å². The lowest BCUT2D eigenvalue weighted by Crippen LogP contribution is -2.01. The minimum Gasteiger partial charge on any atom is -0.383 e. The number of nitrogens with two attached hydrogens (primary N) is 1. The molecule has 0 aromatic carbocycles. The van der Waals surface area contributed by atoms with Crippen molar-refractivity contribution in [1.29, 1.82) is 0 Å². The molecule has 2 aromatic rings. The number of halogens is 1. The van der Waals surface area contributed by atoms with E-state index in [2.05, 4.69) is 30.9 Å². The molecule has 3 rings (SSSR count). The van der Waals surface area contributed by atoms with Crippen LogP contribution in [-0.4, -0.2) is 15.0 Å². The summed E-state index contributed by atoms with van der Waals surface area (Å²) in [6.45, 7) is 0. The van der Waals surface area contributed by atoms with Crippen LogP contribution in [0.25, 0.3) is 10.7 Å². The highest BCUT2D eigenvalue weighted by Gasteiger charge is 2.29. The number of nitrogen functional groups attached to an aromatic ring is 1. The van der Waals surface area contributed by atoms with Gasteiger partial charge in [-0.2, -0.15) is 0 Å². The molecule has 16 heavy (non-hydrogen) atoms. The molecule has 0 saturated heterocycles. The summed E-state index contributed by atoms with van der Waals surface area (Å²) >= 11 is 4.98. The van der Waals surface area contributed by atoms with E-state index in [1.165, 1.54) is 24.2 Å². The average molecular weight is 297 g/mol. The molecule has 0 amide bonds. The molecule has 1 fully saturated rings. The maximum Gasteiger partial charge on any atom is 0.173 e. The zero-order chi connectivity index (χ0) is 11.1. The van der Waals surface area contributed by atoms with Crippen LogP contribution in [0, 0.1) is 0 Å². The van der Waals surface area contributed by atoms with Crippen LogP contribution in [0.15, 0.2) is 16.2 Å². The van der Waals surface area contributed by atoms with Crippen LogP contribution in [-0.2, 0) is 0 Å². The summed E-state index contributed by atoms with van der Waals surface area (Å²) in [6.07, 6.45) is 4.15. The van der Waals surface area contributed by atoms with E-state index in [1.807, 2.05) is 0 Å². The van der Waals surface area contributed by atoms with Crippen LogP contribution in [0.5, 0.6) is 0 Å². The zero-order valence-corrected chi connectivity index (χ0v) is 10.8. The van der Waals surface area contributed by atoms with E-state index in [9.17, 15) is 0 Å². The Hall–Kier alpha value is -1.01. The van der Waals surface area contributed by atoms with E-state index in [0.717, 1.165) is 15.0 Å². The quantitative estimate of drug-likeness (QED) is 0.925. The van der Waals surface area contributed by atoms with E-state index in [-0.39, 0.29) is 0 Å². The topological polar surface area (TPSA) is 64.7 Å². The second-order valence-corrected chi connectivity index (χ2v) is 5.45. The Bertz CT molecular complexity index is 522. The molecule has 0 radical (unpaired) electrons. The first-order valence-electron chi connectivity index (χ1n) is 4.97. The van der Waals surface area contributed by atoms with E-state index in [4.69, 9.17) is 5.73 Å². The third-order valence-corrected chi connectivity index (χ3v) is 4.10. The van der Waals surface area contributed by atoms with Gasteiger partial charge in [0.2, 0.25) is 0 Å². The lowest BCUT2D eigenvalue weighted by Gasteiger charge is -2.06. The van der Waals surface area contributed by atoms with Gasteiger partial charge in [0.05, 0.1) is 20.6 Å². The van der Waals surface area contributed by atoms with Crippen molar-refractivity contribution >= 4 is 33.1 Å². The maximum atomic E-state index is 5.88. The van der Waals surface area contributed by atoms with Gasteiger partial charge in [-0.05, 0) is 28.8 Å². The van der Waals surface area contributed by atoms with Gasteiger partial charge < -0.3 is 5.73 Å². The first-order chi connectivity index (χ1) is 7.75. The van der Waals surface area contributed by atoms with Crippen molar-refractivity contribution in [2.45, 2.75) is 18.8 Å². The Morgan fingerprint density at radius 1 is 1.38 bits per heavy atom. The molecule has 1 aliphatic rings. The minimum absolute atomic E-state index is 0.514. The Morgan fingerprint density at radius 3 is 2.81 bits per heavy atom. The molecule has 2 N–H and O–H groups in total. The Morgan fingerprint density at radius 2 is 2.19 bits per heavy atom. The predicted molar refractivity (Wildman–Crippen MR) is 67.2 cm³/mol. The molecule has 0 bridgehead atoms. The van der Waals surface area contributed by atoms with Crippen LogP contribution in [0.3, 0.4) is 0 Å². The first-order valence-corrected chi connectivity index (χ1v) is 6.64. The van der Waals surface area contributed by atoms with E-state index in [0.29, 0.717) is 17.6 Å². The highest BCUT2D eigenvalue weighted by Crippen LogP contribution is 2.44. The Kier molecular flexibility index (Phi) is 2.40. The SMILES string of the molecule is Nc1nc(-c2cncs2)nc(C2CC2)c1Br. The fourth-order valence-corrected chi connectivity index (χ4v) is 2.60. The molecule has 1 saturated carbocycles. The highest BCUT2D eigenvalue weighted by atomic mass is 79.9. The molecular weight excluding hydrogens is 288 g/mol. The average Bonchev–Trinajstić information content (AvgIpc) is 2.96. The number of thiazole rings is 1. The summed E-state index contributed by atoms with van der Waals surface area (Å²) in [7, 11) is 0.